The third-order valence-corrected chi connectivity index (χ3v) is 4.89. The molecule has 2 atom stereocenters. The number of nitrogens with two attached hydrogens (primary N) is 1. The Labute approximate surface area is 130 Å². The molecule has 2 fully saturated rings. The van der Waals surface area contributed by atoms with Crippen LogP contribution < -0.4 is 5.73 Å². The summed E-state index contributed by atoms with van der Waals surface area (Å²) in [6.07, 6.45) is 4.94. The third kappa shape index (κ3) is 2.88. The summed E-state index contributed by atoms with van der Waals surface area (Å²) in [6, 6.07) is 1.91. The molecule has 0 unspecified atom stereocenters. The SMILES string of the molecule is Cc1cc[nH]c1C(=O)N1CCC([C@@H]2CC[C@H](C(N)=O)O2)CC1. The molecule has 0 spiro atoms. The number of aryl methyl sites for hydroxylation is 1. The second-order valence-corrected chi connectivity index (χ2v) is 6.31. The molecule has 6 nitrogen and oxygen atoms in total. The second-order valence-electron chi connectivity index (χ2n) is 6.31. The highest BCUT2D eigenvalue weighted by Gasteiger charge is 2.36. The van der Waals surface area contributed by atoms with Gasteiger partial charge < -0.3 is 20.4 Å². The first-order valence-corrected chi connectivity index (χ1v) is 7.94. The maximum Gasteiger partial charge on any atom is 0.270 e. The van der Waals surface area contributed by atoms with Crippen LogP contribution >= 0.6 is 0 Å². The predicted molar refractivity (Wildman–Crippen MR) is 81.2 cm³/mol. The van der Waals surface area contributed by atoms with E-state index in [1.165, 1.54) is 0 Å². The van der Waals surface area contributed by atoms with E-state index < -0.39 is 6.10 Å². The van der Waals surface area contributed by atoms with Crippen molar-refractivity contribution < 1.29 is 14.3 Å². The third-order valence-electron chi connectivity index (χ3n) is 4.89. The molecule has 0 saturated carbocycles. The highest BCUT2D eigenvalue weighted by molar-refractivity contribution is 5.93. The van der Waals surface area contributed by atoms with Gasteiger partial charge in [0.2, 0.25) is 5.91 Å². The highest BCUT2D eigenvalue weighted by Crippen LogP contribution is 2.32. The molecule has 3 rings (SSSR count). The van der Waals surface area contributed by atoms with Crippen molar-refractivity contribution in [1.29, 1.82) is 0 Å². The number of carbonyl (C=O) groups is 2. The van der Waals surface area contributed by atoms with Crippen molar-refractivity contribution in [2.24, 2.45) is 11.7 Å². The molecule has 0 bridgehead atoms. The molecule has 1 aromatic heterocycles. The predicted octanol–water partition coefficient (Wildman–Crippen LogP) is 1.21. The van der Waals surface area contributed by atoms with E-state index in [-0.39, 0.29) is 17.9 Å². The summed E-state index contributed by atoms with van der Waals surface area (Å²) in [4.78, 5) is 28.5. The van der Waals surface area contributed by atoms with Crippen LogP contribution in [0.2, 0.25) is 0 Å². The molecule has 0 radical (unpaired) electrons. The Bertz CT molecular complexity index is 561. The van der Waals surface area contributed by atoms with Crippen LogP contribution in [0.15, 0.2) is 12.3 Å². The Morgan fingerprint density at radius 1 is 1.27 bits per heavy atom. The molecule has 2 amide bonds. The first-order valence-electron chi connectivity index (χ1n) is 7.94. The number of nitrogens with one attached hydrogen (secondary N) is 1. The number of primary amides is 1. The number of hydrogen-bond donors (Lipinski definition) is 2. The van der Waals surface area contributed by atoms with E-state index in [9.17, 15) is 9.59 Å². The number of hydrogen-bond acceptors (Lipinski definition) is 3. The molecule has 0 aromatic carbocycles. The van der Waals surface area contributed by atoms with Crippen molar-refractivity contribution >= 4 is 11.8 Å². The van der Waals surface area contributed by atoms with Gasteiger partial charge in [-0.3, -0.25) is 9.59 Å². The first kappa shape index (κ1) is 15.1. The number of rotatable bonds is 3. The van der Waals surface area contributed by atoms with Gasteiger partial charge in [-0.05, 0) is 50.2 Å². The summed E-state index contributed by atoms with van der Waals surface area (Å²) in [6.45, 7) is 3.42. The molecule has 22 heavy (non-hydrogen) atoms. The highest BCUT2D eigenvalue weighted by atomic mass is 16.5. The van der Waals surface area contributed by atoms with Crippen LogP contribution in [0.25, 0.3) is 0 Å². The number of H-pyrrole nitrogens is 1. The van der Waals surface area contributed by atoms with Gasteiger partial charge in [-0.1, -0.05) is 0 Å². The number of likely N-dealkylation sites (tertiary alicyclic amines) is 1. The zero-order valence-corrected chi connectivity index (χ0v) is 12.9. The van der Waals surface area contributed by atoms with Gasteiger partial charge in [0.05, 0.1) is 6.10 Å². The van der Waals surface area contributed by atoms with Crippen molar-refractivity contribution in [2.45, 2.75) is 44.8 Å². The van der Waals surface area contributed by atoms with Gasteiger partial charge in [0.25, 0.3) is 5.91 Å². The van der Waals surface area contributed by atoms with Crippen LogP contribution in [0.4, 0.5) is 0 Å². The van der Waals surface area contributed by atoms with Gasteiger partial charge in [0, 0.05) is 19.3 Å². The van der Waals surface area contributed by atoms with Crippen molar-refractivity contribution in [2.75, 3.05) is 13.1 Å². The normalized spacial score (nSPS) is 26.3. The summed E-state index contributed by atoms with van der Waals surface area (Å²) in [7, 11) is 0. The molecule has 2 aliphatic rings. The minimum absolute atomic E-state index is 0.0725. The Hall–Kier alpha value is -1.82. The number of nitrogens with zero attached hydrogens (tertiary/aromatic N) is 1. The van der Waals surface area contributed by atoms with E-state index >= 15 is 0 Å². The number of aromatic nitrogens is 1. The summed E-state index contributed by atoms with van der Waals surface area (Å²) < 4.78 is 5.77. The van der Waals surface area contributed by atoms with Crippen LogP contribution in [0.1, 0.15) is 41.7 Å². The van der Waals surface area contributed by atoms with Crippen LogP contribution in [0.3, 0.4) is 0 Å². The van der Waals surface area contributed by atoms with Gasteiger partial charge in [-0.2, -0.15) is 0 Å². The fraction of sp³-hybridized carbons (Fsp3) is 0.625. The standard InChI is InChI=1S/C16H23N3O3/c1-10-4-7-18-14(10)16(21)19-8-5-11(6-9-19)12-2-3-13(22-12)15(17)20/h4,7,11-13,18H,2-3,5-6,8-9H2,1H3,(H2,17,20)/t12-,13+/m0/s1. The lowest BCUT2D eigenvalue weighted by Crippen LogP contribution is -2.42. The van der Waals surface area contributed by atoms with Gasteiger partial charge in [-0.15, -0.1) is 0 Å². The Balaban J connectivity index is 1.54. The van der Waals surface area contributed by atoms with E-state index in [1.54, 1.807) is 6.20 Å². The van der Waals surface area contributed by atoms with Crippen LogP contribution in [-0.2, 0) is 9.53 Å². The van der Waals surface area contributed by atoms with E-state index in [1.807, 2.05) is 17.9 Å². The molecule has 3 N–H and O–H groups in total. The lowest BCUT2D eigenvalue weighted by molar-refractivity contribution is -0.130. The van der Waals surface area contributed by atoms with Crippen LogP contribution in [-0.4, -0.2) is 47.0 Å². The van der Waals surface area contributed by atoms with E-state index in [0.29, 0.717) is 11.6 Å². The van der Waals surface area contributed by atoms with Crippen LogP contribution in [0.5, 0.6) is 0 Å². The lowest BCUT2D eigenvalue weighted by Gasteiger charge is -2.34. The largest absolute Gasteiger partial charge is 0.367 e. The quantitative estimate of drug-likeness (QED) is 0.879. The summed E-state index contributed by atoms with van der Waals surface area (Å²) in [5.74, 6) is 0.124. The number of piperidine rings is 1. The summed E-state index contributed by atoms with van der Waals surface area (Å²) >= 11 is 0. The fourth-order valence-electron chi connectivity index (χ4n) is 3.53. The maximum atomic E-state index is 12.5. The summed E-state index contributed by atoms with van der Waals surface area (Å²) in [5.41, 5.74) is 6.97. The molecular weight excluding hydrogens is 282 g/mol. The average Bonchev–Trinajstić information content (AvgIpc) is 3.15. The van der Waals surface area contributed by atoms with Crippen molar-refractivity contribution in [1.82, 2.24) is 9.88 Å². The Morgan fingerprint density at radius 3 is 2.55 bits per heavy atom. The first-order chi connectivity index (χ1) is 10.6. The number of amides is 2. The zero-order chi connectivity index (χ0) is 15.7. The maximum absolute atomic E-state index is 12.5. The number of aromatic amines is 1. The van der Waals surface area contributed by atoms with Crippen molar-refractivity contribution in [3.8, 4) is 0 Å². The van der Waals surface area contributed by atoms with Crippen molar-refractivity contribution in [3.63, 3.8) is 0 Å². The van der Waals surface area contributed by atoms with E-state index in [0.717, 1.165) is 44.3 Å². The van der Waals surface area contributed by atoms with Gasteiger partial charge in [0.1, 0.15) is 11.8 Å². The van der Waals surface area contributed by atoms with Crippen LogP contribution in [0, 0.1) is 12.8 Å². The molecule has 1 aromatic rings. The molecule has 120 valence electrons. The summed E-state index contributed by atoms with van der Waals surface area (Å²) in [5, 5.41) is 0. The van der Waals surface area contributed by atoms with Gasteiger partial charge in [-0.25, -0.2) is 0 Å². The topological polar surface area (TPSA) is 88.4 Å². The Morgan fingerprint density at radius 2 is 2.00 bits per heavy atom. The Kier molecular flexibility index (Phi) is 4.20. The molecule has 2 aliphatic heterocycles. The smallest absolute Gasteiger partial charge is 0.270 e. The van der Waals surface area contributed by atoms with Gasteiger partial charge >= 0.3 is 0 Å². The molecular formula is C16H23N3O3. The molecule has 0 aliphatic carbocycles. The number of ether oxygens (including phenoxy) is 1. The van der Waals surface area contributed by atoms with E-state index in [4.69, 9.17) is 10.5 Å². The van der Waals surface area contributed by atoms with E-state index in [2.05, 4.69) is 4.98 Å². The minimum atomic E-state index is -0.425. The number of carbonyl (C=O) groups excluding carboxylic acids is 2. The molecule has 2 saturated heterocycles. The lowest BCUT2D eigenvalue weighted by atomic mass is 9.89. The average molecular weight is 305 g/mol. The monoisotopic (exact) mass is 305 g/mol. The fourth-order valence-corrected chi connectivity index (χ4v) is 3.53. The minimum Gasteiger partial charge on any atom is -0.367 e. The van der Waals surface area contributed by atoms with Crippen molar-refractivity contribution in [3.05, 3.63) is 23.5 Å². The molecule has 3 heterocycles. The zero-order valence-electron chi connectivity index (χ0n) is 12.9. The van der Waals surface area contributed by atoms with Gasteiger partial charge in [0.15, 0.2) is 0 Å². The second kappa shape index (κ2) is 6.12. The molecule has 6 heteroatoms.